The second-order valence-corrected chi connectivity index (χ2v) is 5.92. The second kappa shape index (κ2) is 5.94. The number of ether oxygens (including phenoxy) is 1. The molecule has 1 unspecified atom stereocenters. The van der Waals surface area contributed by atoms with Gasteiger partial charge in [0.15, 0.2) is 0 Å². The fourth-order valence-corrected chi connectivity index (χ4v) is 3.35. The van der Waals surface area contributed by atoms with Crippen molar-refractivity contribution in [3.63, 3.8) is 0 Å². The average molecular weight is 274 g/mol. The van der Waals surface area contributed by atoms with E-state index in [2.05, 4.69) is 4.90 Å². The smallest absolute Gasteiger partial charge is 0.327 e. The predicted octanol–water partition coefficient (Wildman–Crippen LogP) is 1.57. The van der Waals surface area contributed by atoms with Crippen LogP contribution in [0.15, 0.2) is 30.3 Å². The van der Waals surface area contributed by atoms with E-state index in [0.29, 0.717) is 12.5 Å². The maximum absolute atomic E-state index is 12.0. The van der Waals surface area contributed by atoms with Crippen LogP contribution in [0, 0.1) is 11.8 Å². The molecular formula is C16H22N2O2. The first-order chi connectivity index (χ1) is 9.74. The van der Waals surface area contributed by atoms with Crippen LogP contribution in [-0.2, 0) is 9.53 Å². The summed E-state index contributed by atoms with van der Waals surface area (Å²) in [4.78, 5) is 14.5. The molecule has 3 aliphatic rings. The Morgan fingerprint density at radius 2 is 2.00 bits per heavy atom. The Hall–Kier alpha value is -1.39. The zero-order valence-electron chi connectivity index (χ0n) is 11.7. The summed E-state index contributed by atoms with van der Waals surface area (Å²) in [5.74, 6) is 0.901. The molecular weight excluding hydrogens is 252 g/mol. The van der Waals surface area contributed by atoms with E-state index in [1.54, 1.807) is 0 Å². The zero-order valence-corrected chi connectivity index (χ0v) is 11.7. The number of fused-ring (bicyclic) bond motifs is 3. The molecule has 1 aromatic carbocycles. The summed E-state index contributed by atoms with van der Waals surface area (Å²) >= 11 is 0. The monoisotopic (exact) mass is 274 g/mol. The van der Waals surface area contributed by atoms with Crippen LogP contribution in [0.3, 0.4) is 0 Å². The summed E-state index contributed by atoms with van der Waals surface area (Å²) < 4.78 is 5.46. The molecule has 2 N–H and O–H groups in total. The first-order valence-electron chi connectivity index (χ1n) is 7.43. The summed E-state index contributed by atoms with van der Waals surface area (Å²) in [5, 5.41) is 0. The maximum atomic E-state index is 12.0. The molecule has 0 aliphatic carbocycles. The number of piperidine rings is 3. The van der Waals surface area contributed by atoms with Gasteiger partial charge in [-0.2, -0.15) is 0 Å². The van der Waals surface area contributed by atoms with Gasteiger partial charge in [0.05, 0.1) is 6.61 Å². The van der Waals surface area contributed by atoms with Gasteiger partial charge >= 0.3 is 5.97 Å². The van der Waals surface area contributed by atoms with E-state index in [1.807, 2.05) is 30.3 Å². The van der Waals surface area contributed by atoms with Crippen molar-refractivity contribution in [3.8, 4) is 0 Å². The lowest BCUT2D eigenvalue weighted by Gasteiger charge is -2.44. The molecule has 0 aromatic heterocycles. The Labute approximate surface area is 119 Å². The molecule has 108 valence electrons. The number of benzene rings is 1. The van der Waals surface area contributed by atoms with Gasteiger partial charge in [0.2, 0.25) is 0 Å². The average Bonchev–Trinajstić information content (AvgIpc) is 2.54. The first kappa shape index (κ1) is 13.6. The van der Waals surface area contributed by atoms with E-state index in [-0.39, 0.29) is 5.97 Å². The van der Waals surface area contributed by atoms with E-state index in [1.165, 1.54) is 25.9 Å². The first-order valence-corrected chi connectivity index (χ1v) is 7.43. The molecule has 0 spiro atoms. The van der Waals surface area contributed by atoms with E-state index in [4.69, 9.17) is 10.5 Å². The number of carbonyl (C=O) groups is 1. The van der Waals surface area contributed by atoms with Crippen molar-refractivity contribution in [1.82, 2.24) is 4.90 Å². The van der Waals surface area contributed by atoms with E-state index in [9.17, 15) is 4.79 Å². The lowest BCUT2D eigenvalue weighted by Crippen LogP contribution is -2.49. The highest BCUT2D eigenvalue weighted by Crippen LogP contribution is 2.32. The fourth-order valence-electron chi connectivity index (χ4n) is 3.35. The lowest BCUT2D eigenvalue weighted by atomic mass is 9.79. The van der Waals surface area contributed by atoms with Gasteiger partial charge in [-0.3, -0.25) is 0 Å². The summed E-state index contributed by atoms with van der Waals surface area (Å²) in [6, 6.07) is 8.73. The Kier molecular flexibility index (Phi) is 4.03. The zero-order chi connectivity index (χ0) is 13.9. The Morgan fingerprint density at radius 1 is 1.30 bits per heavy atom. The number of hydrogen-bond acceptors (Lipinski definition) is 4. The minimum Gasteiger partial charge on any atom is -0.464 e. The van der Waals surface area contributed by atoms with Crippen molar-refractivity contribution in [1.29, 1.82) is 0 Å². The van der Waals surface area contributed by atoms with Crippen molar-refractivity contribution in [2.75, 3.05) is 26.2 Å². The molecule has 3 saturated heterocycles. The van der Waals surface area contributed by atoms with Crippen molar-refractivity contribution < 1.29 is 9.53 Å². The normalized spacial score (nSPS) is 29.9. The molecule has 3 fully saturated rings. The van der Waals surface area contributed by atoms with Gasteiger partial charge in [-0.25, -0.2) is 4.79 Å². The predicted molar refractivity (Wildman–Crippen MR) is 77.0 cm³/mol. The molecule has 0 saturated carbocycles. The van der Waals surface area contributed by atoms with Gasteiger partial charge < -0.3 is 15.4 Å². The Balaban J connectivity index is 1.52. The van der Waals surface area contributed by atoms with Crippen LogP contribution in [0.1, 0.15) is 24.4 Å². The number of esters is 1. The Morgan fingerprint density at radius 3 is 2.60 bits per heavy atom. The van der Waals surface area contributed by atoms with Gasteiger partial charge in [0.1, 0.15) is 6.04 Å². The molecule has 4 heteroatoms. The minimum absolute atomic E-state index is 0.312. The highest BCUT2D eigenvalue weighted by molar-refractivity contribution is 5.77. The van der Waals surface area contributed by atoms with Crippen LogP contribution in [-0.4, -0.2) is 37.1 Å². The molecule has 20 heavy (non-hydrogen) atoms. The van der Waals surface area contributed by atoms with Gasteiger partial charge in [0, 0.05) is 12.5 Å². The topological polar surface area (TPSA) is 55.6 Å². The van der Waals surface area contributed by atoms with Crippen LogP contribution in [0.2, 0.25) is 0 Å². The van der Waals surface area contributed by atoms with Crippen molar-refractivity contribution >= 4 is 5.97 Å². The molecule has 3 aliphatic heterocycles. The third-order valence-electron chi connectivity index (χ3n) is 4.64. The third-order valence-corrected chi connectivity index (χ3v) is 4.64. The molecule has 4 nitrogen and oxygen atoms in total. The standard InChI is InChI=1S/C16H22N2O2/c17-15(13-4-2-1-3-5-13)16(19)20-11-14-10-18-8-6-12(14)7-9-18/h1-5,12,14-15H,6-11,17H2/t14-,15?/m0/s1. The van der Waals surface area contributed by atoms with Crippen molar-refractivity contribution in [2.24, 2.45) is 17.6 Å². The van der Waals surface area contributed by atoms with E-state index >= 15 is 0 Å². The van der Waals surface area contributed by atoms with Crippen LogP contribution < -0.4 is 5.73 Å². The third kappa shape index (κ3) is 2.86. The molecule has 2 atom stereocenters. The van der Waals surface area contributed by atoms with Crippen molar-refractivity contribution in [2.45, 2.75) is 18.9 Å². The summed E-state index contributed by atoms with van der Waals surface area (Å²) in [5.41, 5.74) is 6.76. The number of nitrogens with two attached hydrogens (primary N) is 1. The van der Waals surface area contributed by atoms with Gasteiger partial charge in [-0.1, -0.05) is 30.3 Å². The number of rotatable bonds is 4. The second-order valence-electron chi connectivity index (χ2n) is 5.92. The van der Waals surface area contributed by atoms with Gasteiger partial charge in [-0.15, -0.1) is 0 Å². The molecule has 2 bridgehead atoms. The van der Waals surface area contributed by atoms with Gasteiger partial charge in [0.25, 0.3) is 0 Å². The quantitative estimate of drug-likeness (QED) is 0.847. The minimum atomic E-state index is -0.669. The molecule has 4 rings (SSSR count). The summed E-state index contributed by atoms with van der Waals surface area (Å²) in [6.07, 6.45) is 2.49. The van der Waals surface area contributed by atoms with E-state index in [0.717, 1.165) is 18.0 Å². The molecule has 3 heterocycles. The van der Waals surface area contributed by atoms with Crippen LogP contribution in [0.4, 0.5) is 0 Å². The highest BCUT2D eigenvalue weighted by Gasteiger charge is 2.35. The lowest BCUT2D eigenvalue weighted by molar-refractivity contribution is -0.149. The summed E-state index contributed by atoms with van der Waals surface area (Å²) in [6.45, 7) is 4.00. The Bertz CT molecular complexity index is 455. The largest absolute Gasteiger partial charge is 0.464 e. The number of carbonyl (C=O) groups excluding carboxylic acids is 1. The van der Waals surface area contributed by atoms with Crippen LogP contribution in [0.25, 0.3) is 0 Å². The maximum Gasteiger partial charge on any atom is 0.327 e. The fraction of sp³-hybridized carbons (Fsp3) is 0.562. The molecule has 0 amide bonds. The van der Waals surface area contributed by atoms with Crippen LogP contribution >= 0.6 is 0 Å². The SMILES string of the molecule is NC(C(=O)OC[C@@H]1CN2CCC1CC2)c1ccccc1. The van der Waals surface area contributed by atoms with Gasteiger partial charge in [-0.05, 0) is 37.4 Å². The molecule has 1 aromatic rings. The number of hydrogen-bond donors (Lipinski definition) is 1. The van der Waals surface area contributed by atoms with E-state index < -0.39 is 6.04 Å². The van der Waals surface area contributed by atoms with Crippen molar-refractivity contribution in [3.05, 3.63) is 35.9 Å². The molecule has 0 radical (unpaired) electrons. The number of nitrogens with zero attached hydrogens (tertiary/aromatic N) is 1. The van der Waals surface area contributed by atoms with Crippen LogP contribution in [0.5, 0.6) is 0 Å². The summed E-state index contributed by atoms with van der Waals surface area (Å²) in [7, 11) is 0. The highest BCUT2D eigenvalue weighted by atomic mass is 16.5.